The van der Waals surface area contributed by atoms with Crippen molar-refractivity contribution in [1.82, 2.24) is 4.90 Å². The summed E-state index contributed by atoms with van der Waals surface area (Å²) < 4.78 is 29.2. The van der Waals surface area contributed by atoms with E-state index in [1.54, 1.807) is 23.1 Å². The number of anilines is 3. The topological polar surface area (TPSA) is 64.7 Å². The van der Waals surface area contributed by atoms with Crippen molar-refractivity contribution in [2.24, 2.45) is 0 Å². The Bertz CT molecular complexity index is 972. The molecule has 0 bridgehead atoms. The van der Waals surface area contributed by atoms with Crippen molar-refractivity contribution in [2.45, 2.75) is 26.3 Å². The van der Waals surface area contributed by atoms with E-state index in [4.69, 9.17) is 0 Å². The molecule has 0 radical (unpaired) electrons. The zero-order chi connectivity index (χ0) is 21.4. The lowest BCUT2D eigenvalue weighted by molar-refractivity contribution is -0.129. The molecule has 0 saturated carbocycles. The van der Waals surface area contributed by atoms with Crippen molar-refractivity contribution in [3.63, 3.8) is 0 Å². The Morgan fingerprint density at radius 3 is 2.50 bits per heavy atom. The number of nitrogens with zero attached hydrogens (tertiary/aromatic N) is 2. The van der Waals surface area contributed by atoms with Gasteiger partial charge in [0.2, 0.25) is 11.8 Å². The number of piperazine rings is 1. The van der Waals surface area contributed by atoms with E-state index >= 15 is 4.39 Å². The predicted octanol–water partition coefficient (Wildman–Crippen LogP) is 2.92. The van der Waals surface area contributed by atoms with Crippen LogP contribution in [0.2, 0.25) is 0 Å². The number of benzene rings is 2. The highest BCUT2D eigenvalue weighted by Crippen LogP contribution is 2.32. The SMILES string of the molecule is CC(=O)N1CCN(c2cccc(NC(=O)C3Cc4c(F)ccc(C)c4N3)c2F)CC1. The van der Waals surface area contributed by atoms with Crippen LogP contribution in [0, 0.1) is 18.6 Å². The van der Waals surface area contributed by atoms with Gasteiger partial charge in [-0.2, -0.15) is 0 Å². The molecular formula is C22H24F2N4O2. The molecule has 2 N–H and O–H groups in total. The van der Waals surface area contributed by atoms with Crippen molar-refractivity contribution >= 4 is 28.9 Å². The van der Waals surface area contributed by atoms with Crippen LogP contribution in [0.3, 0.4) is 0 Å². The highest BCUT2D eigenvalue weighted by Gasteiger charge is 2.31. The molecule has 4 rings (SSSR count). The number of amides is 2. The van der Waals surface area contributed by atoms with E-state index in [2.05, 4.69) is 10.6 Å². The van der Waals surface area contributed by atoms with Gasteiger partial charge in [0.1, 0.15) is 11.9 Å². The second kappa shape index (κ2) is 7.93. The average Bonchev–Trinajstić information content (AvgIpc) is 3.19. The van der Waals surface area contributed by atoms with Crippen molar-refractivity contribution in [2.75, 3.05) is 41.7 Å². The number of fused-ring (bicyclic) bond motifs is 1. The maximum absolute atomic E-state index is 15.1. The van der Waals surface area contributed by atoms with E-state index in [-0.39, 0.29) is 23.8 Å². The third-order valence-electron chi connectivity index (χ3n) is 5.81. The second-order valence-electron chi connectivity index (χ2n) is 7.74. The van der Waals surface area contributed by atoms with Gasteiger partial charge in [0, 0.05) is 50.8 Å². The van der Waals surface area contributed by atoms with Gasteiger partial charge in [0.05, 0.1) is 11.4 Å². The minimum absolute atomic E-state index is 0.00729. The number of halogens is 2. The highest BCUT2D eigenvalue weighted by atomic mass is 19.1. The third kappa shape index (κ3) is 3.69. The highest BCUT2D eigenvalue weighted by molar-refractivity contribution is 5.98. The normalized spacial score (nSPS) is 18.1. The summed E-state index contributed by atoms with van der Waals surface area (Å²) in [5.74, 6) is -1.27. The Morgan fingerprint density at radius 1 is 1.10 bits per heavy atom. The van der Waals surface area contributed by atoms with E-state index in [0.717, 1.165) is 5.56 Å². The molecular weight excluding hydrogens is 390 g/mol. The first-order valence-electron chi connectivity index (χ1n) is 9.99. The molecule has 2 amide bonds. The zero-order valence-electron chi connectivity index (χ0n) is 17.0. The molecule has 2 aliphatic rings. The average molecular weight is 414 g/mol. The van der Waals surface area contributed by atoms with E-state index in [1.165, 1.54) is 19.1 Å². The number of hydrogen-bond acceptors (Lipinski definition) is 4. The van der Waals surface area contributed by atoms with Gasteiger partial charge < -0.3 is 20.4 Å². The number of nitrogens with one attached hydrogen (secondary N) is 2. The lowest BCUT2D eigenvalue weighted by Crippen LogP contribution is -2.48. The molecule has 2 aliphatic heterocycles. The molecule has 6 nitrogen and oxygen atoms in total. The Labute approximate surface area is 173 Å². The van der Waals surface area contributed by atoms with Gasteiger partial charge in [-0.15, -0.1) is 0 Å². The number of aryl methyl sites for hydroxylation is 1. The van der Waals surface area contributed by atoms with E-state index in [1.807, 2.05) is 11.8 Å². The summed E-state index contributed by atoms with van der Waals surface area (Å²) in [5.41, 5.74) is 2.45. The molecule has 8 heteroatoms. The summed E-state index contributed by atoms with van der Waals surface area (Å²) >= 11 is 0. The summed E-state index contributed by atoms with van der Waals surface area (Å²) in [7, 11) is 0. The number of carbonyl (C=O) groups is 2. The van der Waals surface area contributed by atoms with Gasteiger partial charge in [-0.05, 0) is 30.7 Å². The predicted molar refractivity (Wildman–Crippen MR) is 112 cm³/mol. The fraction of sp³-hybridized carbons (Fsp3) is 0.364. The van der Waals surface area contributed by atoms with Gasteiger partial charge in [-0.1, -0.05) is 12.1 Å². The minimum Gasteiger partial charge on any atom is -0.373 e. The monoisotopic (exact) mass is 414 g/mol. The summed E-state index contributed by atoms with van der Waals surface area (Å²) in [5, 5.41) is 5.70. The molecule has 2 aromatic rings. The van der Waals surface area contributed by atoms with Crippen LogP contribution in [0.5, 0.6) is 0 Å². The fourth-order valence-electron chi connectivity index (χ4n) is 4.07. The van der Waals surface area contributed by atoms with Gasteiger partial charge in [-0.25, -0.2) is 8.78 Å². The van der Waals surface area contributed by atoms with Crippen LogP contribution < -0.4 is 15.5 Å². The van der Waals surface area contributed by atoms with E-state index in [0.29, 0.717) is 43.1 Å². The van der Waals surface area contributed by atoms with Gasteiger partial charge >= 0.3 is 0 Å². The molecule has 0 aliphatic carbocycles. The molecule has 1 unspecified atom stereocenters. The van der Waals surface area contributed by atoms with Gasteiger partial charge in [-0.3, -0.25) is 9.59 Å². The van der Waals surface area contributed by atoms with Crippen LogP contribution in [-0.2, 0) is 16.0 Å². The Kier molecular flexibility index (Phi) is 5.32. The lowest BCUT2D eigenvalue weighted by atomic mass is 10.1. The molecule has 158 valence electrons. The first-order chi connectivity index (χ1) is 14.3. The first-order valence-corrected chi connectivity index (χ1v) is 9.99. The Balaban J connectivity index is 1.46. The minimum atomic E-state index is -0.669. The first kappa shape index (κ1) is 20.1. The fourth-order valence-corrected chi connectivity index (χ4v) is 4.07. The number of rotatable bonds is 3. The van der Waals surface area contributed by atoms with Gasteiger partial charge in [0.25, 0.3) is 0 Å². The van der Waals surface area contributed by atoms with Crippen LogP contribution in [-0.4, -0.2) is 48.9 Å². The van der Waals surface area contributed by atoms with Crippen molar-refractivity contribution in [3.05, 3.63) is 53.1 Å². The maximum atomic E-state index is 15.1. The van der Waals surface area contributed by atoms with Crippen molar-refractivity contribution < 1.29 is 18.4 Å². The van der Waals surface area contributed by atoms with Crippen LogP contribution in [0.1, 0.15) is 18.1 Å². The lowest BCUT2D eigenvalue weighted by Gasteiger charge is -2.36. The molecule has 1 fully saturated rings. The second-order valence-corrected chi connectivity index (χ2v) is 7.74. The third-order valence-corrected chi connectivity index (χ3v) is 5.81. The maximum Gasteiger partial charge on any atom is 0.247 e. The molecule has 0 aromatic heterocycles. The summed E-state index contributed by atoms with van der Waals surface area (Å²) in [4.78, 5) is 27.8. The summed E-state index contributed by atoms with van der Waals surface area (Å²) in [6.07, 6.45) is 0.211. The van der Waals surface area contributed by atoms with Crippen LogP contribution in [0.4, 0.5) is 25.8 Å². The summed E-state index contributed by atoms with van der Waals surface area (Å²) in [6, 6.07) is 7.25. The molecule has 2 aromatic carbocycles. The largest absolute Gasteiger partial charge is 0.373 e. The summed E-state index contributed by atoms with van der Waals surface area (Å²) in [6.45, 7) is 5.47. The van der Waals surface area contributed by atoms with Gasteiger partial charge in [0.15, 0.2) is 5.82 Å². The number of carbonyl (C=O) groups excluding carboxylic acids is 2. The van der Waals surface area contributed by atoms with Crippen molar-refractivity contribution in [1.29, 1.82) is 0 Å². The Morgan fingerprint density at radius 2 is 1.83 bits per heavy atom. The van der Waals surface area contributed by atoms with Crippen LogP contribution >= 0.6 is 0 Å². The molecule has 30 heavy (non-hydrogen) atoms. The van der Waals surface area contributed by atoms with E-state index < -0.39 is 17.8 Å². The van der Waals surface area contributed by atoms with Crippen LogP contribution in [0.15, 0.2) is 30.3 Å². The molecule has 1 atom stereocenters. The van der Waals surface area contributed by atoms with Crippen molar-refractivity contribution in [3.8, 4) is 0 Å². The zero-order valence-corrected chi connectivity index (χ0v) is 17.0. The standard InChI is InChI=1S/C22H24F2N4O2/c1-13-6-7-16(23)15-12-18(25-21(13)15)22(30)26-17-4-3-5-19(20(17)24)28-10-8-27(9-11-28)14(2)29/h3-7,18,25H,8-12H2,1-2H3,(H,26,30). The number of hydrogen-bond donors (Lipinski definition) is 2. The molecule has 1 saturated heterocycles. The quantitative estimate of drug-likeness (QED) is 0.811. The Hall–Kier alpha value is -3.16. The molecule has 2 heterocycles. The molecule has 0 spiro atoms. The van der Waals surface area contributed by atoms with E-state index in [9.17, 15) is 14.0 Å². The van der Waals surface area contributed by atoms with Crippen LogP contribution in [0.25, 0.3) is 0 Å². The smallest absolute Gasteiger partial charge is 0.247 e.